The first-order valence-electron chi connectivity index (χ1n) is 8.73. The number of nitrogens with zero attached hydrogens (tertiary/aromatic N) is 1. The molecule has 0 saturated heterocycles. The molecule has 1 amide bonds. The van der Waals surface area contributed by atoms with E-state index in [2.05, 4.69) is 31.1 Å². The van der Waals surface area contributed by atoms with E-state index in [0.29, 0.717) is 23.0 Å². The summed E-state index contributed by atoms with van der Waals surface area (Å²) in [4.78, 5) is 17.1. The Hall–Kier alpha value is -2.75. The number of amides is 1. The molecule has 1 heterocycles. The van der Waals surface area contributed by atoms with Crippen LogP contribution in [-0.2, 0) is 11.2 Å². The average molecular weight is 350 g/mol. The molecular weight excluding hydrogens is 327 g/mol. The van der Waals surface area contributed by atoms with Gasteiger partial charge in [0.1, 0.15) is 11.3 Å². The highest BCUT2D eigenvalue weighted by Gasteiger charge is 2.31. The monoisotopic (exact) mass is 350 g/mol. The molecule has 134 valence electrons. The van der Waals surface area contributed by atoms with Gasteiger partial charge in [-0.1, -0.05) is 63.2 Å². The Morgan fingerprint density at radius 2 is 1.85 bits per heavy atom. The summed E-state index contributed by atoms with van der Waals surface area (Å²) in [5.41, 5.74) is 1.81. The van der Waals surface area contributed by atoms with Crippen LogP contribution in [0.2, 0.25) is 0 Å². The quantitative estimate of drug-likeness (QED) is 0.701. The predicted octanol–water partition coefficient (Wildman–Crippen LogP) is 5.22. The fourth-order valence-corrected chi connectivity index (χ4v) is 3.06. The average Bonchev–Trinajstić information content (AvgIpc) is 2.59. The summed E-state index contributed by atoms with van der Waals surface area (Å²) >= 11 is 0. The number of aromatic nitrogens is 1. The Morgan fingerprint density at radius 1 is 1.12 bits per heavy atom. The lowest BCUT2D eigenvalue weighted by Gasteiger charge is -2.29. The summed E-state index contributed by atoms with van der Waals surface area (Å²) in [5.74, 6) is -0.621. The first-order valence-corrected chi connectivity index (χ1v) is 8.73. The van der Waals surface area contributed by atoms with Gasteiger partial charge in [0.15, 0.2) is 0 Å². The fraction of sp³-hybridized carbons (Fsp3) is 0.273. The highest BCUT2D eigenvalue weighted by Crippen LogP contribution is 2.30. The van der Waals surface area contributed by atoms with E-state index in [9.17, 15) is 9.18 Å². The molecule has 0 bridgehead atoms. The van der Waals surface area contributed by atoms with Crippen molar-refractivity contribution in [3.05, 3.63) is 72.2 Å². The zero-order valence-electron chi connectivity index (χ0n) is 15.3. The van der Waals surface area contributed by atoms with E-state index in [-0.39, 0.29) is 23.1 Å². The van der Waals surface area contributed by atoms with Crippen molar-refractivity contribution in [2.24, 2.45) is 11.3 Å². The molecular formula is C22H23FN2O. The molecule has 0 fully saturated rings. The molecule has 1 aromatic heterocycles. The number of carbonyl (C=O) groups is 1. The number of benzene rings is 2. The van der Waals surface area contributed by atoms with Gasteiger partial charge in [0, 0.05) is 11.3 Å². The number of fused-ring (bicyclic) bond motifs is 1. The van der Waals surface area contributed by atoms with E-state index in [4.69, 9.17) is 0 Å². The third-order valence-corrected chi connectivity index (χ3v) is 4.57. The van der Waals surface area contributed by atoms with Crippen LogP contribution in [0.4, 0.5) is 10.1 Å². The molecule has 2 aromatic carbocycles. The van der Waals surface area contributed by atoms with E-state index in [1.165, 1.54) is 12.3 Å². The second-order valence-electron chi connectivity index (χ2n) is 7.63. The third kappa shape index (κ3) is 4.07. The van der Waals surface area contributed by atoms with Gasteiger partial charge in [-0.25, -0.2) is 4.39 Å². The molecule has 0 aliphatic rings. The van der Waals surface area contributed by atoms with Crippen LogP contribution < -0.4 is 5.32 Å². The first-order chi connectivity index (χ1) is 12.3. The molecule has 0 saturated carbocycles. The number of hydrogen-bond donors (Lipinski definition) is 1. The number of hydrogen-bond acceptors (Lipinski definition) is 2. The van der Waals surface area contributed by atoms with Gasteiger partial charge in [0.25, 0.3) is 0 Å². The van der Waals surface area contributed by atoms with Crippen molar-refractivity contribution in [2.75, 3.05) is 5.32 Å². The van der Waals surface area contributed by atoms with Crippen LogP contribution in [0.15, 0.2) is 60.8 Å². The van der Waals surface area contributed by atoms with Crippen LogP contribution in [0.25, 0.3) is 10.9 Å². The number of para-hydroxylation sites is 1. The second-order valence-corrected chi connectivity index (χ2v) is 7.63. The van der Waals surface area contributed by atoms with Gasteiger partial charge in [-0.05, 0) is 29.5 Å². The first kappa shape index (κ1) is 18.1. The maximum atomic E-state index is 13.8. The Labute approximate surface area is 153 Å². The van der Waals surface area contributed by atoms with Crippen molar-refractivity contribution in [3.8, 4) is 0 Å². The molecule has 1 atom stereocenters. The van der Waals surface area contributed by atoms with Crippen LogP contribution in [-0.4, -0.2) is 10.9 Å². The standard InChI is InChI=1S/C22H23FN2O/c1-22(2,3)18(12-15-8-5-4-6-9-15)21(26)25-17-13-16-10-7-11-19(23)20(16)24-14-17/h4-11,13-14,18H,12H2,1-3H3,(H,25,26). The van der Waals surface area contributed by atoms with Crippen LogP contribution in [0, 0.1) is 17.2 Å². The SMILES string of the molecule is CC(C)(C)C(Cc1ccccc1)C(=O)Nc1cnc2c(F)cccc2c1. The zero-order valence-corrected chi connectivity index (χ0v) is 15.3. The summed E-state index contributed by atoms with van der Waals surface area (Å²) in [5, 5.41) is 3.62. The normalized spacial score (nSPS) is 12.8. The Morgan fingerprint density at radius 3 is 2.54 bits per heavy atom. The largest absolute Gasteiger partial charge is 0.324 e. The maximum Gasteiger partial charge on any atom is 0.228 e. The van der Waals surface area contributed by atoms with Crippen LogP contribution in [0.3, 0.4) is 0 Å². The lowest BCUT2D eigenvalue weighted by molar-refractivity contribution is -0.122. The minimum atomic E-state index is -0.364. The van der Waals surface area contributed by atoms with Crippen molar-refractivity contribution in [1.29, 1.82) is 0 Å². The number of anilines is 1. The van der Waals surface area contributed by atoms with E-state index in [1.54, 1.807) is 18.2 Å². The number of nitrogens with one attached hydrogen (secondary N) is 1. The summed E-state index contributed by atoms with van der Waals surface area (Å²) < 4.78 is 13.8. The highest BCUT2D eigenvalue weighted by atomic mass is 19.1. The van der Waals surface area contributed by atoms with Gasteiger partial charge in [-0.2, -0.15) is 0 Å². The number of rotatable bonds is 4. The molecule has 0 spiro atoms. The molecule has 3 rings (SSSR count). The van der Waals surface area contributed by atoms with Crippen LogP contribution >= 0.6 is 0 Å². The van der Waals surface area contributed by atoms with E-state index in [1.807, 2.05) is 30.3 Å². The molecule has 26 heavy (non-hydrogen) atoms. The Balaban J connectivity index is 1.83. The van der Waals surface area contributed by atoms with Crippen molar-refractivity contribution >= 4 is 22.5 Å². The van der Waals surface area contributed by atoms with Crippen LogP contribution in [0.5, 0.6) is 0 Å². The molecule has 4 heteroatoms. The van der Waals surface area contributed by atoms with Gasteiger partial charge in [-0.3, -0.25) is 9.78 Å². The molecule has 1 N–H and O–H groups in total. The van der Waals surface area contributed by atoms with Crippen molar-refractivity contribution in [3.63, 3.8) is 0 Å². The lowest BCUT2D eigenvalue weighted by atomic mass is 9.76. The third-order valence-electron chi connectivity index (χ3n) is 4.57. The summed E-state index contributed by atoms with van der Waals surface area (Å²) in [6, 6.07) is 16.6. The number of carbonyl (C=O) groups excluding carboxylic acids is 1. The van der Waals surface area contributed by atoms with Gasteiger partial charge in [-0.15, -0.1) is 0 Å². The molecule has 0 radical (unpaired) electrons. The van der Waals surface area contributed by atoms with Gasteiger partial charge in [0.05, 0.1) is 11.9 Å². The number of pyridine rings is 1. The predicted molar refractivity (Wildman–Crippen MR) is 103 cm³/mol. The van der Waals surface area contributed by atoms with Gasteiger partial charge >= 0.3 is 0 Å². The fourth-order valence-electron chi connectivity index (χ4n) is 3.06. The van der Waals surface area contributed by atoms with Crippen molar-refractivity contribution < 1.29 is 9.18 Å². The second kappa shape index (κ2) is 7.24. The summed E-state index contributed by atoms with van der Waals surface area (Å²) in [6.45, 7) is 6.19. The lowest BCUT2D eigenvalue weighted by Crippen LogP contribution is -2.35. The summed E-state index contributed by atoms with van der Waals surface area (Å²) in [7, 11) is 0. The summed E-state index contributed by atoms with van der Waals surface area (Å²) in [6.07, 6.45) is 2.16. The van der Waals surface area contributed by atoms with E-state index >= 15 is 0 Å². The van der Waals surface area contributed by atoms with Gasteiger partial charge in [0.2, 0.25) is 5.91 Å². The molecule has 3 nitrogen and oxygen atoms in total. The topological polar surface area (TPSA) is 42.0 Å². The van der Waals surface area contributed by atoms with Crippen molar-refractivity contribution in [1.82, 2.24) is 4.98 Å². The molecule has 0 aliphatic heterocycles. The van der Waals surface area contributed by atoms with E-state index in [0.717, 1.165) is 5.56 Å². The van der Waals surface area contributed by atoms with E-state index < -0.39 is 0 Å². The van der Waals surface area contributed by atoms with Crippen molar-refractivity contribution in [2.45, 2.75) is 27.2 Å². The van der Waals surface area contributed by atoms with Crippen LogP contribution in [0.1, 0.15) is 26.3 Å². The molecule has 3 aromatic rings. The smallest absolute Gasteiger partial charge is 0.228 e. The maximum absolute atomic E-state index is 13.8. The highest BCUT2D eigenvalue weighted by molar-refractivity contribution is 5.95. The Bertz CT molecular complexity index is 916. The van der Waals surface area contributed by atoms with Gasteiger partial charge < -0.3 is 5.32 Å². The molecule has 1 unspecified atom stereocenters. The zero-order chi connectivity index (χ0) is 18.7. The minimum absolute atomic E-state index is 0.0566. The number of halogens is 1. The minimum Gasteiger partial charge on any atom is -0.324 e. The Kier molecular flexibility index (Phi) is 5.03. The molecule has 0 aliphatic carbocycles.